The van der Waals surface area contributed by atoms with E-state index in [2.05, 4.69) is 30.1 Å². The van der Waals surface area contributed by atoms with E-state index in [-0.39, 0.29) is 5.92 Å². The SMILES string of the molecule is CC#CC1=CC2C3C=CC(C3)C2C1=O. The van der Waals surface area contributed by atoms with Crippen LogP contribution in [-0.4, -0.2) is 5.78 Å². The fourth-order valence-corrected chi connectivity index (χ4v) is 3.15. The molecule has 0 N–H and O–H groups in total. The average molecular weight is 184 g/mol. The zero-order valence-electron chi connectivity index (χ0n) is 8.16. The monoisotopic (exact) mass is 184 g/mol. The number of carbonyl (C=O) groups excluding carboxylic acids is 1. The van der Waals surface area contributed by atoms with Crippen LogP contribution >= 0.6 is 0 Å². The highest BCUT2D eigenvalue weighted by molar-refractivity contribution is 6.04. The van der Waals surface area contributed by atoms with Gasteiger partial charge in [-0.2, -0.15) is 0 Å². The topological polar surface area (TPSA) is 17.1 Å². The Morgan fingerprint density at radius 1 is 1.36 bits per heavy atom. The van der Waals surface area contributed by atoms with Crippen molar-refractivity contribution >= 4 is 5.78 Å². The Bertz CT molecular complexity index is 416. The summed E-state index contributed by atoms with van der Waals surface area (Å²) in [5.74, 6) is 7.86. The van der Waals surface area contributed by atoms with Crippen LogP contribution in [0.2, 0.25) is 0 Å². The fourth-order valence-electron chi connectivity index (χ4n) is 3.15. The van der Waals surface area contributed by atoms with Gasteiger partial charge in [-0.25, -0.2) is 0 Å². The van der Waals surface area contributed by atoms with Crippen molar-refractivity contribution in [3.63, 3.8) is 0 Å². The van der Waals surface area contributed by atoms with Crippen molar-refractivity contribution < 1.29 is 4.79 Å². The van der Waals surface area contributed by atoms with E-state index < -0.39 is 0 Å². The maximum Gasteiger partial charge on any atom is 0.175 e. The minimum absolute atomic E-state index is 0.237. The van der Waals surface area contributed by atoms with E-state index in [4.69, 9.17) is 0 Å². The maximum absolute atomic E-state index is 12.0. The number of hydrogen-bond acceptors (Lipinski definition) is 1. The molecule has 0 aliphatic heterocycles. The van der Waals surface area contributed by atoms with Crippen LogP contribution in [-0.2, 0) is 4.79 Å². The molecule has 1 fully saturated rings. The Hall–Kier alpha value is -1.29. The van der Waals surface area contributed by atoms with Crippen molar-refractivity contribution in [2.45, 2.75) is 13.3 Å². The van der Waals surface area contributed by atoms with Gasteiger partial charge >= 0.3 is 0 Å². The first kappa shape index (κ1) is 8.05. The van der Waals surface area contributed by atoms with Crippen LogP contribution in [0.3, 0.4) is 0 Å². The van der Waals surface area contributed by atoms with Crippen LogP contribution in [0, 0.1) is 35.5 Å². The van der Waals surface area contributed by atoms with Crippen molar-refractivity contribution in [2.24, 2.45) is 23.7 Å². The number of rotatable bonds is 0. The number of hydrogen-bond donors (Lipinski definition) is 0. The third-order valence-electron chi connectivity index (χ3n) is 3.71. The third-order valence-corrected chi connectivity index (χ3v) is 3.71. The van der Waals surface area contributed by atoms with Crippen LogP contribution in [0.5, 0.6) is 0 Å². The number of allylic oxidation sites excluding steroid dienone is 4. The molecule has 3 aliphatic rings. The molecule has 0 aromatic carbocycles. The van der Waals surface area contributed by atoms with Crippen molar-refractivity contribution in [2.75, 3.05) is 0 Å². The summed E-state index contributed by atoms with van der Waals surface area (Å²) in [6.07, 6.45) is 7.79. The number of Topliss-reactive ketones (excluding diaryl/α,β-unsaturated/α-hetero) is 1. The van der Waals surface area contributed by atoms with Crippen LogP contribution < -0.4 is 0 Å². The molecule has 0 aromatic rings. The predicted molar refractivity (Wildman–Crippen MR) is 54.3 cm³/mol. The quantitative estimate of drug-likeness (QED) is 0.415. The number of fused-ring (bicyclic) bond motifs is 5. The van der Waals surface area contributed by atoms with E-state index in [9.17, 15) is 4.79 Å². The fraction of sp³-hybridized carbons (Fsp3) is 0.462. The Labute approximate surface area is 83.9 Å². The van der Waals surface area contributed by atoms with Crippen LogP contribution in [0.1, 0.15) is 13.3 Å². The lowest BCUT2D eigenvalue weighted by Gasteiger charge is -2.17. The van der Waals surface area contributed by atoms with Gasteiger partial charge in [0.2, 0.25) is 0 Å². The van der Waals surface area contributed by atoms with Gasteiger partial charge in [0.15, 0.2) is 5.78 Å². The van der Waals surface area contributed by atoms with Gasteiger partial charge in [-0.05, 0) is 31.1 Å². The second-order valence-corrected chi connectivity index (χ2v) is 4.37. The molecule has 14 heavy (non-hydrogen) atoms. The van der Waals surface area contributed by atoms with E-state index in [0.717, 1.165) is 5.57 Å². The highest BCUT2D eigenvalue weighted by Crippen LogP contribution is 2.52. The molecule has 0 saturated heterocycles. The lowest BCUT2D eigenvalue weighted by Crippen LogP contribution is -2.20. The standard InChI is InChI=1S/C13H12O/c1-2-3-10-7-11-8-4-5-9(6-8)12(11)13(10)14/h4-5,7-9,11-12H,6H2,1H3. The Balaban J connectivity index is 2.00. The lowest BCUT2D eigenvalue weighted by atomic mass is 9.85. The zero-order chi connectivity index (χ0) is 9.71. The molecule has 0 aromatic heterocycles. The molecule has 4 atom stereocenters. The van der Waals surface area contributed by atoms with Gasteiger partial charge in [-0.15, -0.1) is 5.92 Å². The zero-order valence-corrected chi connectivity index (χ0v) is 8.16. The Morgan fingerprint density at radius 2 is 2.14 bits per heavy atom. The van der Waals surface area contributed by atoms with Gasteiger partial charge in [0.1, 0.15) is 0 Å². The number of carbonyl (C=O) groups is 1. The maximum atomic E-state index is 12.0. The summed E-state index contributed by atoms with van der Waals surface area (Å²) < 4.78 is 0. The molecule has 4 unspecified atom stereocenters. The first-order valence-corrected chi connectivity index (χ1v) is 5.18. The molecule has 1 nitrogen and oxygen atoms in total. The summed E-state index contributed by atoms with van der Waals surface area (Å²) >= 11 is 0. The van der Waals surface area contributed by atoms with Gasteiger partial charge in [-0.1, -0.05) is 24.1 Å². The molecule has 2 bridgehead atoms. The molecule has 0 spiro atoms. The molecule has 3 aliphatic carbocycles. The Kier molecular flexibility index (Phi) is 1.50. The normalized spacial score (nSPS) is 42.1. The third kappa shape index (κ3) is 0.838. The first-order valence-electron chi connectivity index (χ1n) is 5.18. The molecular formula is C13H12O. The van der Waals surface area contributed by atoms with E-state index in [1.807, 2.05) is 0 Å². The van der Waals surface area contributed by atoms with E-state index in [0.29, 0.717) is 23.5 Å². The van der Waals surface area contributed by atoms with E-state index in [1.54, 1.807) is 6.92 Å². The second-order valence-electron chi connectivity index (χ2n) is 4.37. The van der Waals surface area contributed by atoms with E-state index >= 15 is 0 Å². The molecule has 1 heteroatoms. The van der Waals surface area contributed by atoms with Crippen molar-refractivity contribution in [1.82, 2.24) is 0 Å². The van der Waals surface area contributed by atoms with E-state index in [1.165, 1.54) is 6.42 Å². The van der Waals surface area contributed by atoms with Crippen LogP contribution in [0.15, 0.2) is 23.8 Å². The van der Waals surface area contributed by atoms with Crippen LogP contribution in [0.4, 0.5) is 0 Å². The molecule has 0 heterocycles. The molecule has 0 amide bonds. The number of ketones is 1. The van der Waals surface area contributed by atoms with Crippen LogP contribution in [0.25, 0.3) is 0 Å². The minimum Gasteiger partial charge on any atom is -0.293 e. The summed E-state index contributed by atoms with van der Waals surface area (Å²) in [5, 5.41) is 0. The molecular weight excluding hydrogens is 172 g/mol. The van der Waals surface area contributed by atoms with Crippen molar-refractivity contribution in [3.8, 4) is 11.8 Å². The summed E-state index contributed by atoms with van der Waals surface area (Å²) in [4.78, 5) is 12.0. The minimum atomic E-state index is 0.237. The van der Waals surface area contributed by atoms with Gasteiger partial charge in [-0.3, -0.25) is 4.79 Å². The summed E-state index contributed by atoms with van der Waals surface area (Å²) in [6.45, 7) is 1.79. The second kappa shape index (κ2) is 2.60. The Morgan fingerprint density at radius 3 is 2.86 bits per heavy atom. The highest BCUT2D eigenvalue weighted by Gasteiger charge is 2.50. The van der Waals surface area contributed by atoms with Crippen molar-refractivity contribution in [1.29, 1.82) is 0 Å². The van der Waals surface area contributed by atoms with Crippen molar-refractivity contribution in [3.05, 3.63) is 23.8 Å². The predicted octanol–water partition coefficient (Wildman–Crippen LogP) is 1.96. The summed E-state index contributed by atoms with van der Waals surface area (Å²) in [6, 6.07) is 0. The summed E-state index contributed by atoms with van der Waals surface area (Å²) in [7, 11) is 0. The molecule has 1 saturated carbocycles. The lowest BCUT2D eigenvalue weighted by molar-refractivity contribution is -0.119. The molecule has 0 radical (unpaired) electrons. The van der Waals surface area contributed by atoms with Gasteiger partial charge < -0.3 is 0 Å². The smallest absolute Gasteiger partial charge is 0.175 e. The summed E-state index contributed by atoms with van der Waals surface area (Å²) in [5.41, 5.74) is 0.765. The molecule has 70 valence electrons. The van der Waals surface area contributed by atoms with Gasteiger partial charge in [0, 0.05) is 5.92 Å². The first-order chi connectivity index (χ1) is 6.81. The largest absolute Gasteiger partial charge is 0.293 e. The molecule has 3 rings (SSSR count). The van der Waals surface area contributed by atoms with Gasteiger partial charge in [0.05, 0.1) is 5.57 Å². The average Bonchev–Trinajstić information content (AvgIpc) is 2.81. The van der Waals surface area contributed by atoms with Gasteiger partial charge in [0.25, 0.3) is 0 Å². The highest BCUT2D eigenvalue weighted by atomic mass is 16.1.